The number of rotatable bonds is 6. The number of hydrogen-bond acceptors (Lipinski definition) is 4. The highest BCUT2D eigenvalue weighted by molar-refractivity contribution is 6.32. The largest absolute Gasteiger partial charge is 0.495 e. The molecule has 0 amide bonds. The lowest BCUT2D eigenvalue weighted by Gasteiger charge is -2.14. The third kappa shape index (κ3) is 3.21. The zero-order valence-electron chi connectivity index (χ0n) is 15.7. The Balaban J connectivity index is 1.76. The SMILES string of the molecule is CCOC(=O)c1ccc(Cn2c(C3(C)CC3)cc3cc(OC)c(Cl)cc32)o1. The lowest BCUT2D eigenvalue weighted by molar-refractivity contribution is 0.0488. The Morgan fingerprint density at radius 1 is 1.30 bits per heavy atom. The Morgan fingerprint density at radius 3 is 2.74 bits per heavy atom. The zero-order chi connectivity index (χ0) is 19.2. The van der Waals surface area contributed by atoms with Crippen LogP contribution in [0.4, 0.5) is 0 Å². The number of methoxy groups -OCH3 is 1. The molecule has 0 spiro atoms. The molecule has 0 aliphatic heterocycles. The number of aromatic nitrogens is 1. The molecule has 5 nitrogen and oxygen atoms in total. The molecule has 0 atom stereocenters. The summed E-state index contributed by atoms with van der Waals surface area (Å²) in [5.74, 6) is 1.15. The Morgan fingerprint density at radius 2 is 2.07 bits per heavy atom. The fourth-order valence-corrected chi connectivity index (χ4v) is 3.70. The lowest BCUT2D eigenvalue weighted by atomic mass is 10.1. The van der Waals surface area contributed by atoms with Crippen LogP contribution in [0, 0.1) is 0 Å². The van der Waals surface area contributed by atoms with E-state index in [1.54, 1.807) is 20.1 Å². The molecule has 0 radical (unpaired) electrons. The van der Waals surface area contributed by atoms with Gasteiger partial charge >= 0.3 is 5.97 Å². The molecule has 0 bridgehead atoms. The highest BCUT2D eigenvalue weighted by atomic mass is 35.5. The van der Waals surface area contributed by atoms with Gasteiger partial charge in [-0.2, -0.15) is 0 Å². The summed E-state index contributed by atoms with van der Waals surface area (Å²) >= 11 is 6.37. The number of furan rings is 1. The minimum Gasteiger partial charge on any atom is -0.495 e. The summed E-state index contributed by atoms with van der Waals surface area (Å²) in [7, 11) is 1.62. The van der Waals surface area contributed by atoms with Crippen molar-refractivity contribution in [3.63, 3.8) is 0 Å². The summed E-state index contributed by atoms with van der Waals surface area (Å²) in [6.07, 6.45) is 2.31. The van der Waals surface area contributed by atoms with Crippen molar-refractivity contribution in [2.24, 2.45) is 0 Å². The number of nitrogens with zero attached hydrogens (tertiary/aromatic N) is 1. The number of carbonyl (C=O) groups excluding carboxylic acids is 1. The van der Waals surface area contributed by atoms with Crippen LogP contribution in [0.5, 0.6) is 5.75 Å². The topological polar surface area (TPSA) is 53.6 Å². The lowest BCUT2D eigenvalue weighted by Crippen LogP contribution is -2.11. The summed E-state index contributed by atoms with van der Waals surface area (Å²) < 4.78 is 18.3. The van der Waals surface area contributed by atoms with Gasteiger partial charge in [-0.05, 0) is 50.1 Å². The van der Waals surface area contributed by atoms with E-state index in [9.17, 15) is 4.79 Å². The van der Waals surface area contributed by atoms with E-state index in [1.165, 1.54) is 5.69 Å². The molecule has 2 heterocycles. The van der Waals surface area contributed by atoms with Crippen LogP contribution in [-0.4, -0.2) is 24.3 Å². The number of hydrogen-bond donors (Lipinski definition) is 0. The van der Waals surface area contributed by atoms with Gasteiger partial charge in [-0.25, -0.2) is 4.79 Å². The maximum atomic E-state index is 11.9. The molecule has 1 aromatic carbocycles. The molecule has 142 valence electrons. The third-order valence-corrected chi connectivity index (χ3v) is 5.54. The molecule has 0 saturated heterocycles. The number of carbonyl (C=O) groups is 1. The summed E-state index contributed by atoms with van der Waals surface area (Å²) in [5, 5.41) is 1.65. The van der Waals surface area contributed by atoms with Crippen molar-refractivity contribution in [2.45, 2.75) is 38.6 Å². The van der Waals surface area contributed by atoms with Crippen LogP contribution in [0.2, 0.25) is 5.02 Å². The average molecular weight is 388 g/mol. The summed E-state index contributed by atoms with van der Waals surface area (Å²) in [4.78, 5) is 11.9. The number of benzene rings is 1. The van der Waals surface area contributed by atoms with Gasteiger partial charge in [0.15, 0.2) is 0 Å². The number of halogens is 1. The van der Waals surface area contributed by atoms with Gasteiger partial charge in [-0.1, -0.05) is 18.5 Å². The van der Waals surface area contributed by atoms with Gasteiger partial charge in [-0.3, -0.25) is 0 Å². The van der Waals surface area contributed by atoms with Crippen LogP contribution in [0.3, 0.4) is 0 Å². The molecule has 6 heteroatoms. The van der Waals surface area contributed by atoms with E-state index in [1.807, 2.05) is 18.2 Å². The Kier molecular flexibility index (Phi) is 4.42. The summed E-state index contributed by atoms with van der Waals surface area (Å²) in [6.45, 7) is 4.88. The first kappa shape index (κ1) is 18.0. The molecular formula is C21H22ClNO4. The van der Waals surface area contributed by atoms with Crippen LogP contribution >= 0.6 is 11.6 Å². The Labute approximate surface area is 162 Å². The minimum absolute atomic E-state index is 0.162. The van der Waals surface area contributed by atoms with E-state index in [0.717, 1.165) is 23.7 Å². The predicted octanol–water partition coefficient (Wildman–Crippen LogP) is 5.17. The maximum Gasteiger partial charge on any atom is 0.374 e. The standard InChI is InChI=1S/C21H22ClNO4/c1-4-26-20(24)17-6-5-14(27-17)12-23-16-11-15(22)18(25-3)9-13(16)10-19(23)21(2)7-8-21/h5-6,9-11H,4,7-8,12H2,1-3H3. The summed E-state index contributed by atoms with van der Waals surface area (Å²) in [6, 6.07) is 9.59. The van der Waals surface area contributed by atoms with Gasteiger partial charge < -0.3 is 18.5 Å². The third-order valence-electron chi connectivity index (χ3n) is 5.25. The number of fused-ring (bicyclic) bond motifs is 1. The van der Waals surface area contributed by atoms with Crippen molar-refractivity contribution in [1.29, 1.82) is 0 Å². The monoisotopic (exact) mass is 387 g/mol. The fourth-order valence-electron chi connectivity index (χ4n) is 3.46. The molecule has 1 saturated carbocycles. The predicted molar refractivity (Wildman–Crippen MR) is 104 cm³/mol. The number of esters is 1. The van der Waals surface area contributed by atoms with Crippen LogP contribution < -0.4 is 4.74 Å². The van der Waals surface area contributed by atoms with E-state index < -0.39 is 5.97 Å². The van der Waals surface area contributed by atoms with Gasteiger partial charge in [0.05, 0.1) is 30.8 Å². The first-order valence-electron chi connectivity index (χ1n) is 9.08. The summed E-state index contributed by atoms with van der Waals surface area (Å²) in [5.41, 5.74) is 2.43. The molecule has 3 aromatic rings. The quantitative estimate of drug-likeness (QED) is 0.547. The van der Waals surface area contributed by atoms with Crippen LogP contribution in [0.15, 0.2) is 34.7 Å². The van der Waals surface area contributed by atoms with Gasteiger partial charge in [0.1, 0.15) is 11.5 Å². The first-order chi connectivity index (χ1) is 12.9. The van der Waals surface area contributed by atoms with Crippen molar-refractivity contribution in [3.05, 3.63) is 52.6 Å². The van der Waals surface area contributed by atoms with Crippen LogP contribution in [-0.2, 0) is 16.7 Å². The van der Waals surface area contributed by atoms with Crippen molar-refractivity contribution in [2.75, 3.05) is 13.7 Å². The van der Waals surface area contributed by atoms with Crippen LogP contribution in [0.1, 0.15) is 48.7 Å². The zero-order valence-corrected chi connectivity index (χ0v) is 16.4. The molecule has 1 aliphatic carbocycles. The van der Waals surface area contributed by atoms with Gasteiger partial charge in [0, 0.05) is 16.5 Å². The molecule has 2 aromatic heterocycles. The van der Waals surface area contributed by atoms with Crippen molar-refractivity contribution >= 4 is 28.5 Å². The highest BCUT2D eigenvalue weighted by Crippen LogP contribution is 2.49. The van der Waals surface area contributed by atoms with E-state index in [-0.39, 0.29) is 11.2 Å². The molecule has 27 heavy (non-hydrogen) atoms. The van der Waals surface area contributed by atoms with Crippen molar-refractivity contribution < 1.29 is 18.7 Å². The van der Waals surface area contributed by atoms with Crippen molar-refractivity contribution in [3.8, 4) is 5.75 Å². The second-order valence-electron chi connectivity index (χ2n) is 7.21. The first-order valence-corrected chi connectivity index (χ1v) is 9.46. The van der Waals surface area contributed by atoms with E-state index in [4.69, 9.17) is 25.5 Å². The average Bonchev–Trinajstić information content (AvgIpc) is 3.07. The second kappa shape index (κ2) is 6.64. The van der Waals surface area contributed by atoms with E-state index >= 15 is 0 Å². The molecule has 4 rings (SSSR count). The number of ether oxygens (including phenoxy) is 2. The molecule has 1 fully saturated rings. The van der Waals surface area contributed by atoms with E-state index in [0.29, 0.717) is 29.7 Å². The van der Waals surface area contributed by atoms with Crippen molar-refractivity contribution in [1.82, 2.24) is 4.57 Å². The minimum atomic E-state index is -0.441. The maximum absolute atomic E-state index is 11.9. The van der Waals surface area contributed by atoms with Gasteiger partial charge in [0.2, 0.25) is 5.76 Å². The Hall–Kier alpha value is -2.40. The molecule has 0 N–H and O–H groups in total. The smallest absolute Gasteiger partial charge is 0.374 e. The molecular weight excluding hydrogens is 366 g/mol. The second-order valence-corrected chi connectivity index (χ2v) is 7.62. The fraction of sp³-hybridized carbons (Fsp3) is 0.381. The van der Waals surface area contributed by atoms with E-state index in [2.05, 4.69) is 17.6 Å². The molecule has 0 unspecified atom stereocenters. The highest BCUT2D eigenvalue weighted by Gasteiger charge is 2.42. The van der Waals surface area contributed by atoms with Gasteiger partial charge in [-0.15, -0.1) is 0 Å². The normalized spacial score (nSPS) is 15.1. The molecule has 1 aliphatic rings. The Bertz CT molecular complexity index is 1010. The van der Waals surface area contributed by atoms with Crippen LogP contribution in [0.25, 0.3) is 10.9 Å². The van der Waals surface area contributed by atoms with Gasteiger partial charge in [0.25, 0.3) is 0 Å².